The van der Waals surface area contributed by atoms with Crippen LogP contribution in [0.1, 0.15) is 223 Å². The van der Waals surface area contributed by atoms with E-state index in [1.54, 1.807) is 13.0 Å². The number of hydrogen-bond acceptors (Lipinski definition) is 14. The molecule has 0 spiro atoms. The van der Waals surface area contributed by atoms with Crippen LogP contribution in [0, 0.1) is 28.6 Å². The molecule has 1 aliphatic heterocycles. The summed E-state index contributed by atoms with van der Waals surface area (Å²) in [5.74, 6) is -1.56. The SMILES string of the molecule is CC(C)(C)Nc1ccc(COC(C)(C)C)cc1.CC(C)(C)c1cn(C(C)(C)C)nn1.CC(C)C(CC(C)(C)C)C(=O)NC(CCCNC(N)=O)C(=O)C(C)(C)C.CC1C(Oc2ccc(COC(C)(C)C)cc2NC(C)(C)C)OC(C(=O)O)C(O)C1O. The van der Waals surface area contributed by atoms with Crippen molar-refractivity contribution in [3.05, 3.63) is 65.5 Å². The van der Waals surface area contributed by atoms with Gasteiger partial charge in [-0.3, -0.25) is 9.59 Å². The highest BCUT2D eigenvalue weighted by molar-refractivity contribution is 5.93. The number of Topliss-reactive ketones (excluding diaryl/α,β-unsaturated/α-hetero) is 1. The van der Waals surface area contributed by atoms with Crippen molar-refractivity contribution in [1.82, 2.24) is 25.6 Å². The van der Waals surface area contributed by atoms with Crippen LogP contribution in [0.3, 0.4) is 0 Å². The van der Waals surface area contributed by atoms with Gasteiger partial charge in [-0.05, 0) is 170 Å². The van der Waals surface area contributed by atoms with Crippen LogP contribution >= 0.6 is 0 Å². The van der Waals surface area contributed by atoms with E-state index < -0.39 is 54.0 Å². The Bertz CT molecular complexity index is 2520. The van der Waals surface area contributed by atoms with E-state index in [0.717, 1.165) is 23.4 Å². The van der Waals surface area contributed by atoms with Gasteiger partial charge in [-0.1, -0.05) is 106 Å². The van der Waals surface area contributed by atoms with Crippen molar-refractivity contribution < 1.29 is 53.4 Å². The normalized spacial score (nSPS) is 18.6. The predicted molar refractivity (Wildman–Crippen MR) is 346 cm³/mol. The van der Waals surface area contributed by atoms with Crippen LogP contribution in [0.5, 0.6) is 5.75 Å². The maximum Gasteiger partial charge on any atom is 0.335 e. The van der Waals surface area contributed by atoms with Crippen molar-refractivity contribution in [2.75, 3.05) is 17.2 Å². The summed E-state index contributed by atoms with van der Waals surface area (Å²) >= 11 is 0. The molecular formula is C67H118N8O11. The summed E-state index contributed by atoms with van der Waals surface area (Å²) in [5.41, 5.74) is 9.18. The average Bonchev–Trinajstić information content (AvgIpc) is 1.86. The van der Waals surface area contributed by atoms with Gasteiger partial charge in [0.25, 0.3) is 0 Å². The number of primary amides is 1. The topological polar surface area (TPSA) is 271 Å². The highest BCUT2D eigenvalue weighted by Crippen LogP contribution is 2.35. The zero-order valence-corrected chi connectivity index (χ0v) is 58.0. The smallest absolute Gasteiger partial charge is 0.335 e. The Morgan fingerprint density at radius 1 is 0.721 bits per heavy atom. The van der Waals surface area contributed by atoms with E-state index in [1.165, 1.54) is 5.56 Å². The van der Waals surface area contributed by atoms with Gasteiger partial charge in [0.1, 0.15) is 11.9 Å². The monoisotopic (exact) mass is 1210 g/mol. The summed E-state index contributed by atoms with van der Waals surface area (Å²) in [7, 11) is 0. The molecule has 2 heterocycles. The number of nitrogens with zero attached hydrogens (tertiary/aromatic N) is 3. The molecule has 1 fully saturated rings. The third-order valence-corrected chi connectivity index (χ3v) is 13.0. The number of amides is 3. The fourth-order valence-corrected chi connectivity index (χ4v) is 8.27. The second-order valence-corrected chi connectivity index (χ2v) is 31.5. The first kappa shape index (κ1) is 78.7. The van der Waals surface area contributed by atoms with E-state index >= 15 is 0 Å². The second kappa shape index (κ2) is 32.2. The number of rotatable bonds is 18. The molecule has 0 aliphatic carbocycles. The first-order chi connectivity index (χ1) is 38.7. The number of ketones is 1. The number of nitrogens with one attached hydrogen (secondary N) is 4. The fourth-order valence-electron chi connectivity index (χ4n) is 8.27. The quantitative estimate of drug-likeness (QED) is 0.0550. The van der Waals surface area contributed by atoms with Crippen molar-refractivity contribution in [3.63, 3.8) is 0 Å². The van der Waals surface area contributed by atoms with Crippen LogP contribution in [0.25, 0.3) is 0 Å². The van der Waals surface area contributed by atoms with Gasteiger partial charge in [-0.15, -0.1) is 5.10 Å². The molecule has 3 amide bonds. The molecule has 19 nitrogen and oxygen atoms in total. The van der Waals surface area contributed by atoms with Gasteiger partial charge in [0.2, 0.25) is 12.2 Å². The zero-order valence-electron chi connectivity index (χ0n) is 58.0. The van der Waals surface area contributed by atoms with Crippen molar-refractivity contribution in [2.45, 2.75) is 283 Å². The average molecular weight is 1210 g/mol. The van der Waals surface area contributed by atoms with E-state index in [0.29, 0.717) is 44.0 Å². The number of carboxylic acid groups (broad SMARTS) is 1. The number of aliphatic carboxylic acids is 1. The fraction of sp³-hybridized carbons (Fsp3) is 0.731. The molecule has 1 aliphatic rings. The maximum atomic E-state index is 12.9. The molecule has 0 radical (unpaired) electrons. The third kappa shape index (κ3) is 31.5. The molecule has 7 unspecified atom stereocenters. The predicted octanol–water partition coefficient (Wildman–Crippen LogP) is 12.5. The molecule has 1 saturated heterocycles. The molecule has 0 saturated carbocycles. The lowest BCUT2D eigenvalue weighted by molar-refractivity contribution is -0.251. The number of carbonyl (C=O) groups is 4. The number of carboxylic acids is 1. The van der Waals surface area contributed by atoms with Crippen LogP contribution < -0.4 is 31.7 Å². The molecule has 9 N–H and O–H groups in total. The zero-order chi connectivity index (χ0) is 66.9. The van der Waals surface area contributed by atoms with Gasteiger partial charge in [-0.2, -0.15) is 0 Å². The number of aliphatic hydroxyl groups is 2. The number of anilines is 2. The number of benzene rings is 2. The maximum absolute atomic E-state index is 12.9. The number of aromatic nitrogens is 3. The van der Waals surface area contributed by atoms with Gasteiger partial charge in [0.05, 0.1) is 53.5 Å². The van der Waals surface area contributed by atoms with Gasteiger partial charge in [0, 0.05) is 52.2 Å². The largest absolute Gasteiger partial charge is 0.479 e. The molecule has 492 valence electrons. The Morgan fingerprint density at radius 3 is 1.64 bits per heavy atom. The van der Waals surface area contributed by atoms with E-state index in [1.807, 2.05) is 99.2 Å². The number of ether oxygens (including phenoxy) is 4. The molecule has 2 aromatic carbocycles. The highest BCUT2D eigenvalue weighted by atomic mass is 16.7. The van der Waals surface area contributed by atoms with Crippen molar-refractivity contribution in [2.24, 2.45) is 34.3 Å². The lowest BCUT2D eigenvalue weighted by Crippen LogP contribution is -2.57. The molecule has 86 heavy (non-hydrogen) atoms. The summed E-state index contributed by atoms with van der Waals surface area (Å²) in [6.07, 6.45) is -1.59. The Kier molecular flexibility index (Phi) is 29.5. The van der Waals surface area contributed by atoms with Gasteiger partial charge in [0.15, 0.2) is 11.9 Å². The van der Waals surface area contributed by atoms with Gasteiger partial charge >= 0.3 is 12.0 Å². The van der Waals surface area contributed by atoms with Crippen LogP contribution in [-0.4, -0.2) is 113 Å². The molecule has 1 aromatic heterocycles. The molecule has 7 atom stereocenters. The first-order valence-corrected chi connectivity index (χ1v) is 30.5. The highest BCUT2D eigenvalue weighted by Gasteiger charge is 2.47. The van der Waals surface area contributed by atoms with Crippen molar-refractivity contribution in [3.8, 4) is 5.75 Å². The van der Waals surface area contributed by atoms with Crippen molar-refractivity contribution >= 4 is 35.1 Å². The van der Waals surface area contributed by atoms with Crippen LogP contribution in [0.4, 0.5) is 16.2 Å². The summed E-state index contributed by atoms with van der Waals surface area (Å²) in [6, 6.07) is 12.8. The Labute approximate surface area is 518 Å². The van der Waals surface area contributed by atoms with E-state index in [4.69, 9.17) is 24.7 Å². The van der Waals surface area contributed by atoms with Crippen molar-refractivity contribution in [1.29, 1.82) is 0 Å². The second-order valence-electron chi connectivity index (χ2n) is 31.5. The Balaban J connectivity index is 0.000000600. The first-order valence-electron chi connectivity index (χ1n) is 30.5. The number of nitrogens with two attached hydrogens (primary N) is 1. The number of aliphatic hydroxyl groups excluding tert-OH is 2. The summed E-state index contributed by atoms with van der Waals surface area (Å²) in [6.45, 7) is 56.5. The summed E-state index contributed by atoms with van der Waals surface area (Å²) < 4.78 is 25.0. The number of carbonyl (C=O) groups excluding carboxylic acids is 3. The summed E-state index contributed by atoms with van der Waals surface area (Å²) in [4.78, 5) is 47.8. The van der Waals surface area contributed by atoms with E-state index in [-0.39, 0.29) is 62.2 Å². The standard InChI is InChI=1S/C22H35NO7.C20H39N3O3.C15H25NO.C10H19N3/c1-12-16(24)17(25)18(19(26)27)30-20(12)29-15-9-8-13(11-28-22(5,6)7)10-14(15)23-21(2,3)4;1-13(2)14(12-19(3,4)5)17(25)23-15(16(24)20(6,7)8)10-9-11-22-18(21)26;1-14(2,3)16-13-9-7-12(8-10-13)11-17-15(4,5)6;1-9(2,3)8-7-13(12-11-8)10(4,5)6/h8-10,12,16-18,20,23-25H,11H2,1-7H3,(H,26,27);13-15H,9-12H2,1-8H3,(H,23,25)(H3,21,22,26);7-10,16H,11H2,1-6H3;7H,1-6H3. The molecular weight excluding hydrogens is 1090 g/mol. The Morgan fingerprint density at radius 2 is 1.23 bits per heavy atom. The number of hydrogen-bond donors (Lipinski definition) is 8. The van der Waals surface area contributed by atoms with Crippen LogP contribution in [-0.2, 0) is 52.8 Å². The molecule has 4 rings (SSSR count). The molecule has 3 aromatic rings. The third-order valence-electron chi connectivity index (χ3n) is 13.0. The lowest BCUT2D eigenvalue weighted by atomic mass is 9.78. The van der Waals surface area contributed by atoms with Gasteiger partial charge < -0.3 is 61.3 Å². The minimum absolute atomic E-state index is 0.00295. The number of urea groups is 1. The minimum Gasteiger partial charge on any atom is -0.479 e. The minimum atomic E-state index is -1.57. The lowest BCUT2D eigenvalue weighted by Gasteiger charge is -2.40. The van der Waals surface area contributed by atoms with E-state index in [2.05, 4.69) is 160 Å². The van der Waals surface area contributed by atoms with Crippen LogP contribution in [0.2, 0.25) is 0 Å². The molecule has 0 bridgehead atoms. The summed E-state index contributed by atoms with van der Waals surface area (Å²) in [5, 5.41) is 50.1. The van der Waals surface area contributed by atoms with Gasteiger partial charge in [-0.25, -0.2) is 14.3 Å². The molecule has 19 heteroatoms. The van der Waals surface area contributed by atoms with Crippen LogP contribution in [0.15, 0.2) is 48.7 Å². The van der Waals surface area contributed by atoms with E-state index in [9.17, 15) is 34.5 Å². The Hall–Kier alpha value is -5.34.